The molecule has 0 heterocycles. The zero-order chi connectivity index (χ0) is 9.40. The second-order valence-electron chi connectivity index (χ2n) is 2.32. The van der Waals surface area contributed by atoms with Crippen LogP contribution in [0, 0.1) is 0 Å². The Morgan fingerprint density at radius 2 is 2.08 bits per heavy atom. The fraction of sp³-hybridized carbons (Fsp3) is 0.556. The van der Waals surface area contributed by atoms with Gasteiger partial charge in [0.05, 0.1) is 18.4 Å². The molecule has 0 spiro atoms. The Hall–Kier alpha value is -1.12. The highest BCUT2D eigenvalue weighted by atomic mass is 16.5. The lowest BCUT2D eigenvalue weighted by Gasteiger charge is -1.97. The highest BCUT2D eigenvalue weighted by Crippen LogP contribution is 1.99. The van der Waals surface area contributed by atoms with Crippen molar-refractivity contribution in [3.63, 3.8) is 0 Å². The van der Waals surface area contributed by atoms with E-state index in [-0.39, 0.29) is 11.4 Å². The van der Waals surface area contributed by atoms with Gasteiger partial charge in [-0.1, -0.05) is 6.92 Å². The van der Waals surface area contributed by atoms with Crippen LogP contribution in [0.15, 0.2) is 11.8 Å². The predicted molar refractivity (Wildman–Crippen MR) is 45.7 cm³/mol. The van der Waals surface area contributed by atoms with Gasteiger partial charge in [0.1, 0.15) is 0 Å². The highest BCUT2D eigenvalue weighted by molar-refractivity contribution is 6.11. The van der Waals surface area contributed by atoms with Gasteiger partial charge in [-0.05, 0) is 13.3 Å². The summed E-state index contributed by atoms with van der Waals surface area (Å²) >= 11 is 0. The van der Waals surface area contributed by atoms with E-state index in [1.807, 2.05) is 6.92 Å². The Morgan fingerprint density at radius 1 is 1.42 bits per heavy atom. The van der Waals surface area contributed by atoms with E-state index in [2.05, 4.69) is 0 Å². The zero-order valence-electron chi connectivity index (χ0n) is 7.50. The highest BCUT2D eigenvalue weighted by Gasteiger charge is 2.06. The number of hydrogen-bond acceptors (Lipinski definition) is 3. The summed E-state index contributed by atoms with van der Waals surface area (Å²) in [5.41, 5.74) is 0.124. The molecule has 3 nitrogen and oxygen atoms in total. The molecule has 0 amide bonds. The summed E-state index contributed by atoms with van der Waals surface area (Å²) in [6.45, 7) is 4.15. The number of ketones is 1. The van der Waals surface area contributed by atoms with Gasteiger partial charge in [0, 0.05) is 6.42 Å². The molecule has 0 fully saturated rings. The molecule has 0 N–H and O–H groups in total. The van der Waals surface area contributed by atoms with Gasteiger partial charge in [0.25, 0.3) is 0 Å². The van der Waals surface area contributed by atoms with Crippen LogP contribution in [0.3, 0.4) is 0 Å². The van der Waals surface area contributed by atoms with Gasteiger partial charge < -0.3 is 4.74 Å². The van der Waals surface area contributed by atoms with Crippen molar-refractivity contribution in [2.45, 2.75) is 26.7 Å². The van der Waals surface area contributed by atoms with E-state index in [1.54, 1.807) is 6.92 Å². The van der Waals surface area contributed by atoms with Gasteiger partial charge in [-0.15, -0.1) is 0 Å². The number of hydrogen-bond donors (Lipinski definition) is 0. The quantitative estimate of drug-likeness (QED) is 0.199. The molecule has 0 aliphatic heterocycles. The van der Waals surface area contributed by atoms with Gasteiger partial charge in [-0.3, -0.25) is 9.59 Å². The average molecular weight is 170 g/mol. The van der Waals surface area contributed by atoms with Crippen LogP contribution in [0.25, 0.3) is 0 Å². The topological polar surface area (TPSA) is 43.4 Å². The van der Waals surface area contributed by atoms with Crippen molar-refractivity contribution in [1.82, 2.24) is 0 Å². The number of allylic oxidation sites excluding steroid dienone is 1. The van der Waals surface area contributed by atoms with Crippen LogP contribution in [0.2, 0.25) is 0 Å². The largest absolute Gasteiger partial charge is 0.501 e. The van der Waals surface area contributed by atoms with Gasteiger partial charge in [0.15, 0.2) is 12.1 Å². The second kappa shape index (κ2) is 6.58. The first kappa shape index (κ1) is 10.9. The molecule has 0 aromatic carbocycles. The van der Waals surface area contributed by atoms with E-state index >= 15 is 0 Å². The summed E-state index contributed by atoms with van der Waals surface area (Å²) in [4.78, 5) is 21.5. The fourth-order valence-corrected chi connectivity index (χ4v) is 0.704. The van der Waals surface area contributed by atoms with Gasteiger partial charge in [-0.2, -0.15) is 0 Å². The molecule has 0 bridgehead atoms. The molecule has 0 atom stereocenters. The Balaban J connectivity index is 4.13. The summed E-state index contributed by atoms with van der Waals surface area (Å²) in [6, 6.07) is 0. The number of carbonyl (C=O) groups is 2. The zero-order valence-corrected chi connectivity index (χ0v) is 7.50. The van der Waals surface area contributed by atoms with Crippen LogP contribution in [-0.2, 0) is 14.3 Å². The molecular formula is C9H14O3. The van der Waals surface area contributed by atoms with Crippen molar-refractivity contribution >= 4 is 12.1 Å². The number of Topliss-reactive ketones (excluding diaryl/α,β-unsaturated/α-hetero) is 1. The molecule has 0 rings (SSSR count). The second-order valence-corrected chi connectivity index (χ2v) is 2.32. The molecule has 0 aliphatic rings. The van der Waals surface area contributed by atoms with Gasteiger partial charge >= 0.3 is 0 Å². The van der Waals surface area contributed by atoms with Gasteiger partial charge in [0.2, 0.25) is 0 Å². The maximum Gasteiger partial charge on any atom is 0.169 e. The van der Waals surface area contributed by atoms with Crippen LogP contribution in [0.5, 0.6) is 0 Å². The fourth-order valence-electron chi connectivity index (χ4n) is 0.704. The summed E-state index contributed by atoms with van der Waals surface area (Å²) in [5, 5.41) is 0. The number of rotatable bonds is 6. The number of aldehydes is 1. The molecular weight excluding hydrogens is 156 g/mol. The lowest BCUT2D eigenvalue weighted by Crippen LogP contribution is -2.03. The van der Waals surface area contributed by atoms with E-state index in [0.717, 1.165) is 6.42 Å². The molecule has 3 heteroatoms. The van der Waals surface area contributed by atoms with Crippen molar-refractivity contribution < 1.29 is 14.3 Å². The van der Waals surface area contributed by atoms with E-state index in [0.29, 0.717) is 19.3 Å². The van der Waals surface area contributed by atoms with Crippen molar-refractivity contribution in [2.24, 2.45) is 0 Å². The minimum absolute atomic E-state index is 0.124. The predicted octanol–water partition coefficient (Wildman–Crippen LogP) is 1.47. The van der Waals surface area contributed by atoms with E-state index in [1.165, 1.54) is 6.26 Å². The molecule has 0 saturated carbocycles. The van der Waals surface area contributed by atoms with Crippen LogP contribution in [0.1, 0.15) is 26.7 Å². The molecule has 0 saturated heterocycles. The number of ether oxygens (including phenoxy) is 1. The first-order valence-corrected chi connectivity index (χ1v) is 4.06. The van der Waals surface area contributed by atoms with Crippen LogP contribution in [-0.4, -0.2) is 18.7 Å². The lowest BCUT2D eigenvalue weighted by atomic mass is 10.1. The Bertz CT molecular complexity index is 182. The first-order valence-electron chi connectivity index (χ1n) is 4.06. The molecule has 68 valence electrons. The maximum atomic E-state index is 11.1. The van der Waals surface area contributed by atoms with Crippen molar-refractivity contribution in [3.05, 3.63) is 11.8 Å². The standard InChI is InChI=1S/C9H14O3/c1-3-5-9(11)8(6-10)7-12-4-2/h6-7H,3-5H2,1-2H3. The van der Waals surface area contributed by atoms with Crippen molar-refractivity contribution in [2.75, 3.05) is 6.61 Å². The third-order valence-corrected chi connectivity index (χ3v) is 1.30. The first-order chi connectivity index (χ1) is 5.76. The SMILES string of the molecule is CCCC(=O)C(C=O)=COCC. The summed E-state index contributed by atoms with van der Waals surface area (Å²) < 4.78 is 4.84. The Morgan fingerprint density at radius 3 is 2.50 bits per heavy atom. The molecule has 0 radical (unpaired) electrons. The van der Waals surface area contributed by atoms with Crippen LogP contribution < -0.4 is 0 Å². The molecule has 0 aromatic heterocycles. The average Bonchev–Trinajstić information content (AvgIpc) is 2.06. The Kier molecular flexibility index (Phi) is 5.97. The monoisotopic (exact) mass is 170 g/mol. The number of carbonyl (C=O) groups excluding carboxylic acids is 2. The van der Waals surface area contributed by atoms with Crippen LogP contribution in [0.4, 0.5) is 0 Å². The third-order valence-electron chi connectivity index (χ3n) is 1.30. The molecule has 0 unspecified atom stereocenters. The van der Waals surface area contributed by atoms with E-state index in [4.69, 9.17) is 4.74 Å². The smallest absolute Gasteiger partial charge is 0.169 e. The minimum Gasteiger partial charge on any atom is -0.501 e. The van der Waals surface area contributed by atoms with Crippen LogP contribution >= 0.6 is 0 Å². The Labute approximate surface area is 72.4 Å². The van der Waals surface area contributed by atoms with Crippen molar-refractivity contribution in [1.29, 1.82) is 0 Å². The lowest BCUT2D eigenvalue weighted by molar-refractivity contribution is -0.117. The maximum absolute atomic E-state index is 11.1. The normalized spacial score (nSPS) is 11.0. The summed E-state index contributed by atoms with van der Waals surface area (Å²) in [7, 11) is 0. The summed E-state index contributed by atoms with van der Waals surface area (Å²) in [6.07, 6.45) is 2.91. The minimum atomic E-state index is -0.152. The molecule has 0 aliphatic carbocycles. The van der Waals surface area contributed by atoms with Crippen molar-refractivity contribution in [3.8, 4) is 0 Å². The molecule has 0 aromatic rings. The summed E-state index contributed by atoms with van der Waals surface area (Å²) in [5.74, 6) is -0.152. The van der Waals surface area contributed by atoms with E-state index in [9.17, 15) is 9.59 Å². The third kappa shape index (κ3) is 3.91. The molecule has 12 heavy (non-hydrogen) atoms. The van der Waals surface area contributed by atoms with Gasteiger partial charge in [-0.25, -0.2) is 0 Å². The van der Waals surface area contributed by atoms with E-state index < -0.39 is 0 Å².